The maximum absolute atomic E-state index is 13.8. The normalized spacial score (nSPS) is 24.1. The highest BCUT2D eigenvalue weighted by molar-refractivity contribution is 7.16. The fourth-order valence-corrected chi connectivity index (χ4v) is 3.81. The highest BCUT2D eigenvalue weighted by Gasteiger charge is 2.48. The predicted octanol–water partition coefficient (Wildman–Crippen LogP) is 1.96. The Balaban J connectivity index is 2.22. The summed E-state index contributed by atoms with van der Waals surface area (Å²) >= 11 is 1.31. The van der Waals surface area contributed by atoms with Crippen molar-refractivity contribution in [3.63, 3.8) is 0 Å². The van der Waals surface area contributed by atoms with Gasteiger partial charge in [-0.15, -0.1) is 11.3 Å². The second-order valence-electron chi connectivity index (χ2n) is 5.86. The summed E-state index contributed by atoms with van der Waals surface area (Å²) in [6.07, 6.45) is 0. The van der Waals surface area contributed by atoms with Crippen LogP contribution in [0.4, 0.5) is 9.39 Å². The summed E-state index contributed by atoms with van der Waals surface area (Å²) < 4.78 is 13.8. The first-order chi connectivity index (χ1) is 11.2. The van der Waals surface area contributed by atoms with E-state index in [0.717, 1.165) is 10.9 Å². The van der Waals surface area contributed by atoms with Crippen molar-refractivity contribution in [1.29, 1.82) is 0 Å². The fraction of sp³-hybridized carbons (Fsp3) is 0.250. The fourth-order valence-electron chi connectivity index (χ4n) is 2.92. The number of phenols is 1. The molecule has 0 unspecified atom stereocenters. The monoisotopic (exact) mass is 348 g/mol. The van der Waals surface area contributed by atoms with Gasteiger partial charge in [-0.2, -0.15) is 0 Å². The Bertz CT molecular complexity index is 850. The summed E-state index contributed by atoms with van der Waals surface area (Å²) in [5.41, 5.74) is 11.1. The molecule has 0 fully saturated rings. The molecule has 5 N–H and O–H groups in total. The minimum Gasteiger partial charge on any atom is -0.505 e. The first kappa shape index (κ1) is 16.3. The zero-order chi connectivity index (χ0) is 17.6. The van der Waals surface area contributed by atoms with Gasteiger partial charge < -0.3 is 16.6 Å². The number of aromatic hydroxyl groups is 1. The van der Waals surface area contributed by atoms with Crippen LogP contribution in [0.25, 0.3) is 0 Å². The van der Waals surface area contributed by atoms with Crippen molar-refractivity contribution in [2.75, 3.05) is 12.8 Å². The topological polar surface area (TPSA) is 105 Å². The Morgan fingerprint density at radius 1 is 1.33 bits per heavy atom. The number of hydrogen-bond donors (Lipinski definition) is 3. The molecule has 2 heterocycles. The molecule has 8 heteroatoms. The van der Waals surface area contributed by atoms with Gasteiger partial charge in [-0.3, -0.25) is 9.69 Å². The van der Waals surface area contributed by atoms with E-state index in [0.29, 0.717) is 10.6 Å². The van der Waals surface area contributed by atoms with Gasteiger partial charge in [-0.25, -0.2) is 9.38 Å². The van der Waals surface area contributed by atoms with Gasteiger partial charge in [0.1, 0.15) is 5.54 Å². The maximum atomic E-state index is 13.8. The first-order valence-corrected chi connectivity index (χ1v) is 8.03. The van der Waals surface area contributed by atoms with Crippen LogP contribution >= 0.6 is 11.3 Å². The number of rotatable bonds is 2. The molecule has 3 rings (SSSR count). The number of likely N-dealkylation sites (N-methyl/N-ethyl adjacent to an activating group) is 1. The number of halogens is 1. The molecule has 0 radical (unpaired) electrons. The summed E-state index contributed by atoms with van der Waals surface area (Å²) in [6.45, 7) is 1.77. The van der Waals surface area contributed by atoms with Crippen molar-refractivity contribution in [1.82, 2.24) is 4.90 Å². The van der Waals surface area contributed by atoms with Crippen molar-refractivity contribution < 1.29 is 14.3 Å². The van der Waals surface area contributed by atoms with Crippen LogP contribution in [0.3, 0.4) is 0 Å². The smallest absolute Gasteiger partial charge is 0.239 e. The standard InChI is InChI=1S/C16H17FN4O2S/c1-16(11-5-6-12(18)24-11)13(14(23)21(2)15(19)20-16)8-3-4-10(22)9(17)7-8/h3-7,13,22H,18H2,1-2H3,(H2,19,20)/t13-,16-/m1/s1. The summed E-state index contributed by atoms with van der Waals surface area (Å²) in [6, 6.07) is 7.41. The number of thiophene rings is 1. The van der Waals surface area contributed by atoms with E-state index in [1.165, 1.54) is 35.4 Å². The van der Waals surface area contributed by atoms with Gasteiger partial charge in [0.25, 0.3) is 0 Å². The molecule has 1 aromatic heterocycles. The molecule has 1 aliphatic heterocycles. The zero-order valence-corrected chi connectivity index (χ0v) is 14.0. The van der Waals surface area contributed by atoms with Gasteiger partial charge in [0, 0.05) is 11.9 Å². The van der Waals surface area contributed by atoms with Crippen LogP contribution in [0.15, 0.2) is 35.3 Å². The molecule has 0 saturated carbocycles. The lowest BCUT2D eigenvalue weighted by molar-refractivity contribution is -0.130. The molecule has 0 saturated heterocycles. The maximum Gasteiger partial charge on any atom is 0.239 e. The molecule has 1 amide bonds. The van der Waals surface area contributed by atoms with Crippen molar-refractivity contribution >= 4 is 28.2 Å². The largest absolute Gasteiger partial charge is 0.505 e. The number of nitrogens with zero attached hydrogens (tertiary/aromatic N) is 2. The molecular formula is C16H17FN4O2S. The molecule has 0 bridgehead atoms. The third kappa shape index (κ3) is 2.39. The number of guanidine groups is 1. The number of anilines is 1. The SMILES string of the molecule is CN1C(=O)[C@@H](c2ccc(O)c(F)c2)[C@@](C)(c2ccc(N)s2)N=C1N. The van der Waals surface area contributed by atoms with Crippen LogP contribution in [0.2, 0.25) is 0 Å². The lowest BCUT2D eigenvalue weighted by atomic mass is 9.77. The van der Waals surface area contributed by atoms with Crippen LogP contribution in [-0.2, 0) is 10.3 Å². The van der Waals surface area contributed by atoms with Crippen LogP contribution in [0, 0.1) is 5.82 Å². The number of nitrogen functional groups attached to an aromatic ring is 1. The number of hydrogen-bond acceptors (Lipinski definition) is 6. The Kier molecular flexibility index (Phi) is 3.71. The van der Waals surface area contributed by atoms with Gasteiger partial charge in [0.05, 0.1) is 10.9 Å². The summed E-state index contributed by atoms with van der Waals surface area (Å²) in [4.78, 5) is 19.4. The zero-order valence-electron chi connectivity index (χ0n) is 13.2. The number of phenolic OH excluding ortho intramolecular Hbond substituents is 1. The third-order valence-corrected chi connectivity index (χ3v) is 5.40. The number of carbonyl (C=O) groups excluding carboxylic acids is 1. The number of amides is 1. The highest BCUT2D eigenvalue weighted by atomic mass is 32.1. The number of nitrogens with two attached hydrogens (primary N) is 2. The van der Waals surface area contributed by atoms with Crippen LogP contribution < -0.4 is 11.5 Å². The minimum absolute atomic E-state index is 0.0879. The second kappa shape index (κ2) is 5.48. The molecule has 24 heavy (non-hydrogen) atoms. The van der Waals surface area contributed by atoms with Gasteiger partial charge in [-0.1, -0.05) is 6.07 Å². The van der Waals surface area contributed by atoms with E-state index in [4.69, 9.17) is 11.5 Å². The van der Waals surface area contributed by atoms with E-state index < -0.39 is 23.0 Å². The third-order valence-electron chi connectivity index (χ3n) is 4.26. The molecule has 1 aliphatic rings. The molecule has 2 aromatic rings. The van der Waals surface area contributed by atoms with Gasteiger partial charge >= 0.3 is 0 Å². The Labute approximate surface area is 142 Å². The molecule has 0 spiro atoms. The van der Waals surface area contributed by atoms with Crippen LogP contribution in [0.5, 0.6) is 5.75 Å². The summed E-state index contributed by atoms with van der Waals surface area (Å²) in [7, 11) is 1.52. The lowest BCUT2D eigenvalue weighted by Crippen LogP contribution is -2.52. The predicted molar refractivity (Wildman–Crippen MR) is 91.3 cm³/mol. The quantitative estimate of drug-likeness (QED) is 0.771. The Morgan fingerprint density at radius 2 is 2.04 bits per heavy atom. The first-order valence-electron chi connectivity index (χ1n) is 7.21. The van der Waals surface area contributed by atoms with Crippen molar-refractivity contribution in [2.45, 2.75) is 18.4 Å². The van der Waals surface area contributed by atoms with Crippen molar-refractivity contribution in [2.24, 2.45) is 10.7 Å². The number of benzene rings is 1. The van der Waals surface area contributed by atoms with E-state index in [1.807, 2.05) is 0 Å². The molecule has 1 aromatic carbocycles. The molecule has 126 valence electrons. The average molecular weight is 348 g/mol. The second-order valence-corrected chi connectivity index (χ2v) is 6.98. The van der Waals surface area contributed by atoms with E-state index >= 15 is 0 Å². The van der Waals surface area contributed by atoms with E-state index in [2.05, 4.69) is 4.99 Å². The molecule has 2 atom stereocenters. The van der Waals surface area contributed by atoms with Gasteiger partial charge in [0.2, 0.25) is 5.91 Å². The Morgan fingerprint density at radius 3 is 2.62 bits per heavy atom. The molecule has 6 nitrogen and oxygen atoms in total. The number of carbonyl (C=O) groups is 1. The van der Waals surface area contributed by atoms with E-state index in [-0.39, 0.29) is 11.9 Å². The van der Waals surface area contributed by atoms with Crippen LogP contribution in [-0.4, -0.2) is 28.9 Å². The van der Waals surface area contributed by atoms with Crippen LogP contribution in [0.1, 0.15) is 23.3 Å². The highest BCUT2D eigenvalue weighted by Crippen LogP contribution is 2.46. The molecular weight excluding hydrogens is 331 g/mol. The van der Waals surface area contributed by atoms with Crippen molar-refractivity contribution in [3.8, 4) is 5.75 Å². The van der Waals surface area contributed by atoms with Crippen molar-refractivity contribution in [3.05, 3.63) is 46.6 Å². The summed E-state index contributed by atoms with van der Waals surface area (Å²) in [5, 5.41) is 10.0. The minimum atomic E-state index is -1.01. The number of aliphatic imine (C=N–C) groups is 1. The van der Waals surface area contributed by atoms with Gasteiger partial charge in [0.15, 0.2) is 17.5 Å². The Hall–Kier alpha value is -2.61. The van der Waals surface area contributed by atoms with E-state index in [1.54, 1.807) is 19.1 Å². The van der Waals surface area contributed by atoms with E-state index in [9.17, 15) is 14.3 Å². The van der Waals surface area contributed by atoms with Gasteiger partial charge in [-0.05, 0) is 36.8 Å². The lowest BCUT2D eigenvalue weighted by Gasteiger charge is -2.40. The summed E-state index contributed by atoms with van der Waals surface area (Å²) in [5.74, 6) is -2.27. The molecule has 0 aliphatic carbocycles. The average Bonchev–Trinajstić information content (AvgIpc) is 2.96.